The summed E-state index contributed by atoms with van der Waals surface area (Å²) in [5.41, 5.74) is 4.22. The lowest BCUT2D eigenvalue weighted by atomic mass is 10.2. The van der Waals surface area contributed by atoms with Crippen molar-refractivity contribution in [3.63, 3.8) is 0 Å². The van der Waals surface area contributed by atoms with Gasteiger partial charge in [0.1, 0.15) is 5.75 Å². The fourth-order valence-corrected chi connectivity index (χ4v) is 6.05. The number of benzene rings is 2. The largest absolute Gasteiger partial charge is 0.493 e. The van der Waals surface area contributed by atoms with Crippen molar-refractivity contribution < 1.29 is 28.5 Å². The molecular weight excluding hydrogens is 500 g/mol. The van der Waals surface area contributed by atoms with Crippen LogP contribution in [0, 0.1) is 0 Å². The Morgan fingerprint density at radius 3 is 2.56 bits per heavy atom. The van der Waals surface area contributed by atoms with Crippen molar-refractivity contribution in [2.75, 3.05) is 38.4 Å². The second kappa shape index (κ2) is 13.4. The van der Waals surface area contributed by atoms with Crippen LogP contribution in [0.15, 0.2) is 41.5 Å². The fourth-order valence-electron chi connectivity index (χ4n) is 2.92. The number of hydrogen-bond acceptors (Lipinski definition) is 9. The van der Waals surface area contributed by atoms with Gasteiger partial charge in [-0.15, -0.1) is 23.5 Å². The van der Waals surface area contributed by atoms with Crippen LogP contribution in [0.25, 0.3) is 0 Å². The molecule has 0 unspecified atom stereocenters. The molecule has 8 nitrogen and oxygen atoms in total. The van der Waals surface area contributed by atoms with Crippen LogP contribution in [0.3, 0.4) is 0 Å². The molecule has 0 aromatic heterocycles. The smallest absolute Gasteiger partial charge is 0.344 e. The van der Waals surface area contributed by atoms with Gasteiger partial charge in [-0.05, 0) is 42.3 Å². The molecule has 0 bridgehead atoms. The highest BCUT2D eigenvalue weighted by atomic mass is 35.5. The highest BCUT2D eigenvalue weighted by molar-refractivity contribution is 8.19. The third-order valence-electron chi connectivity index (χ3n) is 4.44. The van der Waals surface area contributed by atoms with Gasteiger partial charge >= 0.3 is 5.97 Å². The summed E-state index contributed by atoms with van der Waals surface area (Å²) in [6, 6.07) is 11.0. The maximum absolute atomic E-state index is 12.1. The first-order valence-electron chi connectivity index (χ1n) is 10.4. The van der Waals surface area contributed by atoms with Crippen LogP contribution >= 0.6 is 35.1 Å². The molecule has 1 amide bonds. The molecule has 11 heteroatoms. The van der Waals surface area contributed by atoms with E-state index in [1.165, 1.54) is 30.4 Å². The van der Waals surface area contributed by atoms with Gasteiger partial charge in [0, 0.05) is 11.5 Å². The van der Waals surface area contributed by atoms with Gasteiger partial charge in [-0.25, -0.2) is 10.2 Å². The molecule has 0 radical (unpaired) electrons. The van der Waals surface area contributed by atoms with Crippen LogP contribution in [0.1, 0.15) is 22.6 Å². The average Bonchev–Trinajstić information content (AvgIpc) is 3.37. The van der Waals surface area contributed by atoms with Crippen LogP contribution in [-0.4, -0.2) is 56.5 Å². The molecule has 1 heterocycles. The summed E-state index contributed by atoms with van der Waals surface area (Å²) in [7, 11) is 1.45. The van der Waals surface area contributed by atoms with Crippen LogP contribution in [-0.2, 0) is 14.3 Å². The van der Waals surface area contributed by atoms with E-state index < -0.39 is 11.9 Å². The SMILES string of the molecule is CCOC(=O)COc1c(Cl)cc(/C=N\NC(=O)COc2ccc(C3SCCS3)cc2)cc1OC. The number of esters is 1. The minimum Gasteiger partial charge on any atom is -0.493 e. The Bertz CT molecular complexity index is 1010. The third-order valence-corrected chi connectivity index (χ3v) is 7.82. The topological polar surface area (TPSA) is 95.5 Å². The molecule has 1 fully saturated rings. The molecule has 0 aliphatic carbocycles. The van der Waals surface area contributed by atoms with Gasteiger partial charge in [0.2, 0.25) is 0 Å². The number of methoxy groups -OCH3 is 1. The zero-order chi connectivity index (χ0) is 24.3. The Balaban J connectivity index is 1.49. The van der Waals surface area contributed by atoms with E-state index in [9.17, 15) is 9.59 Å². The van der Waals surface area contributed by atoms with Gasteiger partial charge in [0.25, 0.3) is 5.91 Å². The lowest BCUT2D eigenvalue weighted by molar-refractivity contribution is -0.145. The van der Waals surface area contributed by atoms with Crippen LogP contribution in [0.5, 0.6) is 17.2 Å². The Hall–Kier alpha value is -2.56. The first-order valence-corrected chi connectivity index (χ1v) is 12.9. The van der Waals surface area contributed by atoms with Crippen molar-refractivity contribution in [2.24, 2.45) is 5.10 Å². The van der Waals surface area contributed by atoms with Crippen molar-refractivity contribution in [1.82, 2.24) is 5.43 Å². The highest BCUT2D eigenvalue weighted by Crippen LogP contribution is 2.45. The van der Waals surface area contributed by atoms with Crippen molar-refractivity contribution in [1.29, 1.82) is 0 Å². The predicted molar refractivity (Wildman–Crippen MR) is 135 cm³/mol. The van der Waals surface area contributed by atoms with Gasteiger partial charge < -0.3 is 18.9 Å². The highest BCUT2D eigenvalue weighted by Gasteiger charge is 2.18. The lowest BCUT2D eigenvalue weighted by Crippen LogP contribution is -2.24. The van der Waals surface area contributed by atoms with Gasteiger partial charge in [0.05, 0.1) is 29.5 Å². The molecule has 2 aromatic rings. The molecular formula is C23H25ClN2O6S2. The van der Waals surface area contributed by atoms with Gasteiger partial charge in [0.15, 0.2) is 24.7 Å². The first kappa shape index (κ1) is 26.1. The number of hydrazone groups is 1. The normalized spacial score (nSPS) is 13.6. The molecule has 34 heavy (non-hydrogen) atoms. The van der Waals surface area contributed by atoms with E-state index in [1.54, 1.807) is 19.1 Å². The molecule has 0 saturated carbocycles. The Labute approximate surface area is 211 Å². The minimum absolute atomic E-state index is 0.172. The Morgan fingerprint density at radius 2 is 1.88 bits per heavy atom. The van der Waals surface area contributed by atoms with E-state index in [0.29, 0.717) is 21.6 Å². The molecule has 3 rings (SSSR count). The van der Waals surface area contributed by atoms with E-state index in [4.69, 9.17) is 30.5 Å². The van der Waals surface area contributed by atoms with E-state index in [-0.39, 0.29) is 30.6 Å². The predicted octanol–water partition coefficient (Wildman–Crippen LogP) is 4.30. The zero-order valence-electron chi connectivity index (χ0n) is 18.7. The second-order valence-electron chi connectivity index (χ2n) is 6.85. The van der Waals surface area contributed by atoms with Crippen molar-refractivity contribution in [3.8, 4) is 17.2 Å². The summed E-state index contributed by atoms with van der Waals surface area (Å²) >= 11 is 10.1. The molecule has 1 saturated heterocycles. The van der Waals surface area contributed by atoms with Gasteiger partial charge in [-0.1, -0.05) is 23.7 Å². The summed E-state index contributed by atoms with van der Waals surface area (Å²) in [5, 5.41) is 4.15. The molecule has 2 aromatic carbocycles. The number of halogens is 1. The first-order chi connectivity index (χ1) is 16.5. The standard InChI is InChI=1S/C23H25ClN2O6S2/c1-3-30-21(28)14-32-22-18(24)10-15(11-19(22)29-2)12-25-26-20(27)13-31-17-6-4-16(5-7-17)23-33-8-9-34-23/h4-7,10-12,23H,3,8-9,13-14H2,1-2H3,(H,26,27)/b25-12-. The van der Waals surface area contributed by atoms with E-state index in [1.807, 2.05) is 47.8 Å². The van der Waals surface area contributed by atoms with E-state index in [2.05, 4.69) is 10.5 Å². The fraction of sp³-hybridized carbons (Fsp3) is 0.348. The summed E-state index contributed by atoms with van der Waals surface area (Å²) in [4.78, 5) is 23.6. The summed E-state index contributed by atoms with van der Waals surface area (Å²) in [6.45, 7) is 1.49. The van der Waals surface area contributed by atoms with Crippen molar-refractivity contribution in [3.05, 3.63) is 52.5 Å². The number of nitrogens with zero attached hydrogens (tertiary/aromatic N) is 1. The number of carbonyl (C=O) groups excluding carboxylic acids is 2. The lowest BCUT2D eigenvalue weighted by Gasteiger charge is -2.12. The quantitative estimate of drug-likeness (QED) is 0.264. The number of rotatable bonds is 11. The van der Waals surface area contributed by atoms with Crippen LogP contribution < -0.4 is 19.6 Å². The summed E-state index contributed by atoms with van der Waals surface area (Å²) < 4.78 is 21.5. The average molecular weight is 525 g/mol. The van der Waals surface area contributed by atoms with Crippen molar-refractivity contribution >= 4 is 53.2 Å². The van der Waals surface area contributed by atoms with E-state index >= 15 is 0 Å². The molecule has 182 valence electrons. The minimum atomic E-state index is -0.515. The molecule has 0 atom stereocenters. The Kier molecular flexibility index (Phi) is 10.2. The maximum atomic E-state index is 12.1. The second-order valence-corrected chi connectivity index (χ2v) is 9.98. The summed E-state index contributed by atoms with van der Waals surface area (Å²) in [6.07, 6.45) is 1.41. The zero-order valence-corrected chi connectivity index (χ0v) is 21.1. The third kappa shape index (κ3) is 7.75. The number of ether oxygens (including phenoxy) is 4. The maximum Gasteiger partial charge on any atom is 0.344 e. The number of carbonyl (C=O) groups is 2. The molecule has 1 aliphatic heterocycles. The van der Waals surface area contributed by atoms with Crippen LogP contribution in [0.2, 0.25) is 5.02 Å². The monoisotopic (exact) mass is 524 g/mol. The molecule has 1 aliphatic rings. The number of amides is 1. The van der Waals surface area contributed by atoms with Crippen molar-refractivity contribution in [2.45, 2.75) is 11.5 Å². The van der Waals surface area contributed by atoms with E-state index in [0.717, 1.165) is 0 Å². The van der Waals surface area contributed by atoms with Crippen LogP contribution in [0.4, 0.5) is 0 Å². The van der Waals surface area contributed by atoms with Gasteiger partial charge in [-0.3, -0.25) is 4.79 Å². The molecule has 1 N–H and O–H groups in total. The number of nitrogens with one attached hydrogen (secondary N) is 1. The Morgan fingerprint density at radius 1 is 1.15 bits per heavy atom. The number of hydrogen-bond donors (Lipinski definition) is 1. The number of thioether (sulfide) groups is 2. The summed E-state index contributed by atoms with van der Waals surface area (Å²) in [5.74, 6) is 2.55. The van der Waals surface area contributed by atoms with Gasteiger partial charge in [-0.2, -0.15) is 5.10 Å². The molecule has 0 spiro atoms.